The largest absolute Gasteiger partial charge is 0.481 e. The van der Waals surface area contributed by atoms with E-state index in [1.807, 2.05) is 29.9 Å². The minimum absolute atomic E-state index is 0.630. The molecular formula is C12H15N3O. The molecule has 84 valence electrons. The molecule has 0 spiro atoms. The first-order chi connectivity index (χ1) is 7.78. The molecule has 0 atom stereocenters. The second kappa shape index (κ2) is 4.70. The lowest BCUT2D eigenvalue weighted by atomic mass is 10.3. The van der Waals surface area contributed by atoms with Crippen LogP contribution in [-0.4, -0.2) is 16.7 Å². The maximum absolute atomic E-state index is 4.99. The second-order valence-corrected chi connectivity index (χ2v) is 3.63. The van der Waals surface area contributed by atoms with Crippen molar-refractivity contribution in [2.24, 2.45) is 7.05 Å². The number of aryl methyl sites for hydroxylation is 1. The van der Waals surface area contributed by atoms with Crippen molar-refractivity contribution in [2.75, 3.05) is 12.4 Å². The van der Waals surface area contributed by atoms with Crippen LogP contribution in [0.5, 0.6) is 5.88 Å². The van der Waals surface area contributed by atoms with Crippen LogP contribution in [-0.2, 0) is 13.6 Å². The topological polar surface area (TPSA) is 39.1 Å². The molecule has 4 heteroatoms. The first-order valence-corrected chi connectivity index (χ1v) is 5.12. The van der Waals surface area contributed by atoms with Crippen LogP contribution in [0.2, 0.25) is 0 Å². The fourth-order valence-electron chi connectivity index (χ4n) is 1.48. The van der Waals surface area contributed by atoms with E-state index in [4.69, 9.17) is 4.74 Å². The van der Waals surface area contributed by atoms with Crippen molar-refractivity contribution in [1.29, 1.82) is 0 Å². The molecule has 2 aromatic rings. The molecule has 16 heavy (non-hydrogen) atoms. The van der Waals surface area contributed by atoms with Gasteiger partial charge in [-0.25, -0.2) is 4.98 Å². The average Bonchev–Trinajstić information content (AvgIpc) is 2.73. The van der Waals surface area contributed by atoms with E-state index >= 15 is 0 Å². The lowest BCUT2D eigenvalue weighted by Gasteiger charge is -2.05. The molecule has 0 fully saturated rings. The number of pyridine rings is 1. The van der Waals surface area contributed by atoms with Gasteiger partial charge in [0.15, 0.2) is 0 Å². The molecule has 4 nitrogen and oxygen atoms in total. The number of nitrogens with one attached hydrogen (secondary N) is 1. The quantitative estimate of drug-likeness (QED) is 0.851. The SMILES string of the molecule is COc1ccc(NCc2ccn(C)c2)cn1. The Morgan fingerprint density at radius 3 is 2.81 bits per heavy atom. The van der Waals surface area contributed by atoms with Crippen LogP contribution in [0, 0.1) is 0 Å². The summed E-state index contributed by atoms with van der Waals surface area (Å²) in [7, 11) is 3.62. The van der Waals surface area contributed by atoms with Crippen molar-refractivity contribution < 1.29 is 4.74 Å². The van der Waals surface area contributed by atoms with Gasteiger partial charge in [-0.2, -0.15) is 0 Å². The Kier molecular flexibility index (Phi) is 3.10. The molecule has 0 radical (unpaired) electrons. The molecule has 0 saturated heterocycles. The maximum Gasteiger partial charge on any atom is 0.213 e. The van der Waals surface area contributed by atoms with E-state index in [0.29, 0.717) is 5.88 Å². The van der Waals surface area contributed by atoms with Gasteiger partial charge in [0.2, 0.25) is 5.88 Å². The van der Waals surface area contributed by atoms with E-state index in [9.17, 15) is 0 Å². The number of rotatable bonds is 4. The first-order valence-electron chi connectivity index (χ1n) is 5.12. The fourth-order valence-corrected chi connectivity index (χ4v) is 1.48. The maximum atomic E-state index is 4.99. The van der Waals surface area contributed by atoms with Gasteiger partial charge >= 0.3 is 0 Å². The number of anilines is 1. The number of hydrogen-bond donors (Lipinski definition) is 1. The molecular weight excluding hydrogens is 202 g/mol. The summed E-state index contributed by atoms with van der Waals surface area (Å²) in [6, 6.07) is 5.88. The summed E-state index contributed by atoms with van der Waals surface area (Å²) in [4.78, 5) is 4.12. The zero-order valence-electron chi connectivity index (χ0n) is 9.47. The molecule has 0 saturated carbocycles. The van der Waals surface area contributed by atoms with Gasteiger partial charge in [0.05, 0.1) is 19.0 Å². The molecule has 0 amide bonds. The van der Waals surface area contributed by atoms with Gasteiger partial charge in [-0.05, 0) is 17.7 Å². The Morgan fingerprint density at radius 2 is 2.25 bits per heavy atom. The molecule has 0 aliphatic heterocycles. The summed E-state index contributed by atoms with van der Waals surface area (Å²) >= 11 is 0. The summed E-state index contributed by atoms with van der Waals surface area (Å²) in [5, 5.41) is 3.29. The molecule has 0 bridgehead atoms. The van der Waals surface area contributed by atoms with Crippen LogP contribution in [0.4, 0.5) is 5.69 Å². The van der Waals surface area contributed by atoms with Gasteiger partial charge in [-0.15, -0.1) is 0 Å². The summed E-state index contributed by atoms with van der Waals surface area (Å²) < 4.78 is 7.02. The number of ether oxygens (including phenoxy) is 1. The Hall–Kier alpha value is -1.97. The van der Waals surface area contributed by atoms with Crippen molar-refractivity contribution >= 4 is 5.69 Å². The molecule has 0 aliphatic rings. The van der Waals surface area contributed by atoms with Crippen LogP contribution >= 0.6 is 0 Å². The monoisotopic (exact) mass is 217 g/mol. The van der Waals surface area contributed by atoms with Gasteiger partial charge in [-0.1, -0.05) is 0 Å². The third-order valence-corrected chi connectivity index (χ3v) is 2.34. The zero-order chi connectivity index (χ0) is 11.4. The van der Waals surface area contributed by atoms with E-state index in [-0.39, 0.29) is 0 Å². The van der Waals surface area contributed by atoms with E-state index < -0.39 is 0 Å². The number of aromatic nitrogens is 2. The highest BCUT2D eigenvalue weighted by Gasteiger charge is 1.97. The van der Waals surface area contributed by atoms with Gasteiger partial charge in [0.25, 0.3) is 0 Å². The van der Waals surface area contributed by atoms with Crippen molar-refractivity contribution in [3.05, 3.63) is 42.4 Å². The molecule has 1 N–H and O–H groups in total. The highest BCUT2D eigenvalue weighted by Crippen LogP contribution is 2.12. The summed E-state index contributed by atoms with van der Waals surface area (Å²) in [6.45, 7) is 0.800. The fraction of sp³-hybridized carbons (Fsp3) is 0.250. The molecule has 2 rings (SSSR count). The Labute approximate surface area is 94.9 Å². The Bertz CT molecular complexity index is 448. The van der Waals surface area contributed by atoms with Gasteiger partial charge < -0.3 is 14.6 Å². The lowest BCUT2D eigenvalue weighted by molar-refractivity contribution is 0.398. The average molecular weight is 217 g/mol. The predicted molar refractivity (Wildman–Crippen MR) is 63.5 cm³/mol. The second-order valence-electron chi connectivity index (χ2n) is 3.63. The minimum Gasteiger partial charge on any atom is -0.481 e. The van der Waals surface area contributed by atoms with Crippen LogP contribution < -0.4 is 10.1 Å². The van der Waals surface area contributed by atoms with E-state index in [1.165, 1.54) is 5.56 Å². The first kappa shape index (κ1) is 10.5. The van der Waals surface area contributed by atoms with Crippen molar-refractivity contribution in [2.45, 2.75) is 6.54 Å². The smallest absolute Gasteiger partial charge is 0.213 e. The Morgan fingerprint density at radius 1 is 1.38 bits per heavy atom. The summed E-state index contributed by atoms with van der Waals surface area (Å²) in [5.74, 6) is 0.630. The summed E-state index contributed by atoms with van der Waals surface area (Å²) in [6.07, 6.45) is 5.88. The molecule has 0 unspecified atom stereocenters. The third-order valence-electron chi connectivity index (χ3n) is 2.34. The predicted octanol–water partition coefficient (Wildman–Crippen LogP) is 2.04. The van der Waals surface area contributed by atoms with Crippen molar-refractivity contribution in [3.8, 4) is 5.88 Å². The third kappa shape index (κ3) is 2.53. The van der Waals surface area contributed by atoms with Crippen LogP contribution in [0.25, 0.3) is 0 Å². The lowest BCUT2D eigenvalue weighted by Crippen LogP contribution is -1.99. The van der Waals surface area contributed by atoms with E-state index in [0.717, 1.165) is 12.2 Å². The Balaban J connectivity index is 1.94. The molecule has 2 aromatic heterocycles. The highest BCUT2D eigenvalue weighted by molar-refractivity contribution is 5.42. The van der Waals surface area contributed by atoms with E-state index in [1.54, 1.807) is 13.3 Å². The van der Waals surface area contributed by atoms with Crippen LogP contribution in [0.3, 0.4) is 0 Å². The normalized spacial score (nSPS) is 10.1. The number of hydrogen-bond acceptors (Lipinski definition) is 3. The number of methoxy groups -OCH3 is 1. The standard InChI is InChI=1S/C12H15N3O/c1-15-6-5-10(9-15)7-13-11-3-4-12(16-2)14-8-11/h3-6,8-9,13H,7H2,1-2H3. The van der Waals surface area contributed by atoms with Gasteiger partial charge in [0.1, 0.15) is 0 Å². The zero-order valence-corrected chi connectivity index (χ0v) is 9.47. The number of nitrogens with zero attached hydrogens (tertiary/aromatic N) is 2. The molecule has 0 aromatic carbocycles. The van der Waals surface area contributed by atoms with Crippen LogP contribution in [0.1, 0.15) is 5.56 Å². The van der Waals surface area contributed by atoms with Crippen molar-refractivity contribution in [3.63, 3.8) is 0 Å². The van der Waals surface area contributed by atoms with Crippen molar-refractivity contribution in [1.82, 2.24) is 9.55 Å². The molecule has 2 heterocycles. The van der Waals surface area contributed by atoms with Crippen LogP contribution in [0.15, 0.2) is 36.8 Å². The highest BCUT2D eigenvalue weighted by atomic mass is 16.5. The van der Waals surface area contributed by atoms with E-state index in [2.05, 4.69) is 22.6 Å². The minimum atomic E-state index is 0.630. The van der Waals surface area contributed by atoms with Gasteiger partial charge in [0, 0.05) is 32.1 Å². The molecule has 0 aliphatic carbocycles. The van der Waals surface area contributed by atoms with Gasteiger partial charge in [-0.3, -0.25) is 0 Å². The summed E-state index contributed by atoms with van der Waals surface area (Å²) in [5.41, 5.74) is 2.24.